The van der Waals surface area contributed by atoms with E-state index in [2.05, 4.69) is 69.6 Å². The molecule has 1 saturated heterocycles. The second kappa shape index (κ2) is 7.88. The van der Waals surface area contributed by atoms with Crippen molar-refractivity contribution < 1.29 is 0 Å². The maximum atomic E-state index is 4.34. The maximum Gasteiger partial charge on any atom is 0.191 e. The molecule has 0 aromatic heterocycles. The second-order valence-electron chi connectivity index (χ2n) is 7.12. The molecule has 0 bridgehead atoms. The van der Waals surface area contributed by atoms with Gasteiger partial charge in [0.1, 0.15) is 0 Å². The standard InChI is InChI=1S/C19H31N5/c1-15-13-18(15)22-19(20-3)21-14-16(2)23-9-11-24(12-10-23)17-7-5-4-6-8-17/h4-8,15-16,18H,9-14H2,1-3H3,(H2,20,21,22). The first kappa shape index (κ1) is 17.1. The fraction of sp³-hybridized carbons (Fsp3) is 0.632. The first-order valence-electron chi connectivity index (χ1n) is 9.18. The molecule has 5 nitrogen and oxygen atoms in total. The van der Waals surface area contributed by atoms with Gasteiger partial charge in [-0.25, -0.2) is 0 Å². The van der Waals surface area contributed by atoms with Gasteiger partial charge in [-0.3, -0.25) is 9.89 Å². The van der Waals surface area contributed by atoms with Gasteiger partial charge in [0.25, 0.3) is 0 Å². The highest BCUT2D eigenvalue weighted by Gasteiger charge is 2.33. The number of guanidine groups is 1. The molecule has 1 aromatic rings. The number of piperazine rings is 1. The molecular formula is C19H31N5. The van der Waals surface area contributed by atoms with E-state index in [1.165, 1.54) is 12.1 Å². The molecule has 2 aliphatic rings. The van der Waals surface area contributed by atoms with E-state index >= 15 is 0 Å². The SMILES string of the molecule is CN=C(NCC(C)N1CCN(c2ccccc2)CC1)NC1CC1C. The molecule has 1 saturated carbocycles. The number of anilines is 1. The van der Waals surface area contributed by atoms with Gasteiger partial charge >= 0.3 is 0 Å². The molecule has 0 amide bonds. The van der Waals surface area contributed by atoms with E-state index in [9.17, 15) is 0 Å². The number of benzene rings is 1. The Bertz CT molecular complexity index is 536. The molecule has 5 heteroatoms. The summed E-state index contributed by atoms with van der Waals surface area (Å²) in [6, 6.07) is 11.8. The molecule has 24 heavy (non-hydrogen) atoms. The summed E-state index contributed by atoms with van der Waals surface area (Å²) in [7, 11) is 1.85. The van der Waals surface area contributed by atoms with Crippen molar-refractivity contribution in [2.24, 2.45) is 10.9 Å². The van der Waals surface area contributed by atoms with Crippen LogP contribution in [-0.2, 0) is 0 Å². The molecule has 1 heterocycles. The minimum atomic E-state index is 0.512. The molecule has 1 aromatic carbocycles. The van der Waals surface area contributed by atoms with Gasteiger partial charge < -0.3 is 15.5 Å². The van der Waals surface area contributed by atoms with Crippen LogP contribution in [0.3, 0.4) is 0 Å². The Morgan fingerprint density at radius 3 is 2.46 bits per heavy atom. The normalized spacial score (nSPS) is 26.1. The summed E-state index contributed by atoms with van der Waals surface area (Å²) in [4.78, 5) is 9.39. The van der Waals surface area contributed by atoms with E-state index in [0.717, 1.165) is 44.6 Å². The quantitative estimate of drug-likeness (QED) is 0.638. The van der Waals surface area contributed by atoms with Crippen molar-refractivity contribution in [3.8, 4) is 0 Å². The minimum absolute atomic E-state index is 0.512. The summed E-state index contributed by atoms with van der Waals surface area (Å²) >= 11 is 0. The molecule has 3 rings (SSSR count). The molecule has 3 unspecified atom stereocenters. The number of nitrogens with one attached hydrogen (secondary N) is 2. The number of rotatable bonds is 5. The predicted molar refractivity (Wildman–Crippen MR) is 102 cm³/mol. The first-order chi connectivity index (χ1) is 11.7. The molecule has 3 atom stereocenters. The van der Waals surface area contributed by atoms with Crippen LogP contribution >= 0.6 is 0 Å². The average molecular weight is 329 g/mol. The average Bonchev–Trinajstić information content (AvgIpc) is 3.34. The molecule has 0 spiro atoms. The van der Waals surface area contributed by atoms with Crippen LogP contribution in [0.4, 0.5) is 5.69 Å². The number of nitrogens with zero attached hydrogens (tertiary/aromatic N) is 3. The minimum Gasteiger partial charge on any atom is -0.369 e. The van der Waals surface area contributed by atoms with Gasteiger partial charge in [-0.15, -0.1) is 0 Å². The zero-order chi connectivity index (χ0) is 16.9. The van der Waals surface area contributed by atoms with Crippen LogP contribution < -0.4 is 15.5 Å². The fourth-order valence-electron chi connectivity index (χ4n) is 3.33. The van der Waals surface area contributed by atoms with Crippen molar-refractivity contribution in [1.82, 2.24) is 15.5 Å². The molecule has 1 aliphatic heterocycles. The Balaban J connectivity index is 1.41. The van der Waals surface area contributed by atoms with Gasteiger partial charge in [-0.1, -0.05) is 25.1 Å². The molecule has 0 radical (unpaired) electrons. The van der Waals surface area contributed by atoms with Gasteiger partial charge in [-0.2, -0.15) is 0 Å². The van der Waals surface area contributed by atoms with Crippen molar-refractivity contribution >= 4 is 11.6 Å². The Hall–Kier alpha value is -1.75. The van der Waals surface area contributed by atoms with Crippen LogP contribution in [0.15, 0.2) is 35.3 Å². The van der Waals surface area contributed by atoms with Crippen molar-refractivity contribution in [3.05, 3.63) is 30.3 Å². The number of hydrogen-bond donors (Lipinski definition) is 2. The summed E-state index contributed by atoms with van der Waals surface area (Å²) < 4.78 is 0. The van der Waals surface area contributed by atoms with E-state index in [0.29, 0.717) is 12.1 Å². The topological polar surface area (TPSA) is 42.9 Å². The predicted octanol–water partition coefficient (Wildman–Crippen LogP) is 1.77. The van der Waals surface area contributed by atoms with Gasteiger partial charge in [0.05, 0.1) is 0 Å². The molecule has 2 N–H and O–H groups in total. The van der Waals surface area contributed by atoms with Crippen molar-refractivity contribution in [2.75, 3.05) is 44.7 Å². The summed E-state index contributed by atoms with van der Waals surface area (Å²) in [6.45, 7) is 9.94. The molecule has 1 aliphatic carbocycles. The Labute approximate surface area is 146 Å². The highest BCUT2D eigenvalue weighted by Crippen LogP contribution is 2.28. The van der Waals surface area contributed by atoms with Gasteiger partial charge in [-0.05, 0) is 31.4 Å². The maximum absolute atomic E-state index is 4.34. The lowest BCUT2D eigenvalue weighted by Crippen LogP contribution is -2.53. The van der Waals surface area contributed by atoms with Gasteiger partial charge in [0, 0.05) is 57.5 Å². The summed E-state index contributed by atoms with van der Waals surface area (Å²) in [5.41, 5.74) is 1.34. The monoisotopic (exact) mass is 329 g/mol. The van der Waals surface area contributed by atoms with E-state index in [-0.39, 0.29) is 0 Å². The van der Waals surface area contributed by atoms with Crippen molar-refractivity contribution in [3.63, 3.8) is 0 Å². The van der Waals surface area contributed by atoms with Crippen molar-refractivity contribution in [2.45, 2.75) is 32.4 Å². The highest BCUT2D eigenvalue weighted by atomic mass is 15.3. The van der Waals surface area contributed by atoms with Crippen LogP contribution in [0.25, 0.3) is 0 Å². The third-order valence-electron chi connectivity index (χ3n) is 5.28. The van der Waals surface area contributed by atoms with E-state index in [1.54, 1.807) is 0 Å². The largest absolute Gasteiger partial charge is 0.369 e. The van der Waals surface area contributed by atoms with Gasteiger partial charge in [0.15, 0.2) is 5.96 Å². The van der Waals surface area contributed by atoms with E-state index < -0.39 is 0 Å². The zero-order valence-corrected chi connectivity index (χ0v) is 15.2. The van der Waals surface area contributed by atoms with E-state index in [4.69, 9.17) is 0 Å². The third-order valence-corrected chi connectivity index (χ3v) is 5.28. The van der Waals surface area contributed by atoms with Crippen LogP contribution in [0.5, 0.6) is 0 Å². The Morgan fingerprint density at radius 2 is 1.88 bits per heavy atom. The fourth-order valence-corrected chi connectivity index (χ4v) is 3.33. The summed E-state index contributed by atoms with van der Waals surface area (Å²) in [5.74, 6) is 1.73. The second-order valence-corrected chi connectivity index (χ2v) is 7.12. The third kappa shape index (κ3) is 4.41. The smallest absolute Gasteiger partial charge is 0.191 e. The van der Waals surface area contributed by atoms with Crippen molar-refractivity contribution in [1.29, 1.82) is 0 Å². The lowest BCUT2D eigenvalue weighted by molar-refractivity contribution is 0.197. The van der Waals surface area contributed by atoms with Crippen LogP contribution in [0.1, 0.15) is 20.3 Å². The summed E-state index contributed by atoms with van der Waals surface area (Å²) in [6.07, 6.45) is 1.26. The van der Waals surface area contributed by atoms with Crippen LogP contribution in [0, 0.1) is 5.92 Å². The Morgan fingerprint density at radius 1 is 1.21 bits per heavy atom. The lowest BCUT2D eigenvalue weighted by atomic mass is 10.2. The number of aliphatic imine (C=N–C) groups is 1. The molecular weight excluding hydrogens is 298 g/mol. The molecule has 2 fully saturated rings. The van der Waals surface area contributed by atoms with E-state index in [1.807, 2.05) is 7.05 Å². The highest BCUT2D eigenvalue weighted by molar-refractivity contribution is 5.80. The summed E-state index contributed by atoms with van der Waals surface area (Å²) in [5, 5.41) is 6.97. The number of para-hydroxylation sites is 1. The van der Waals surface area contributed by atoms with Gasteiger partial charge in [0.2, 0.25) is 0 Å². The Kier molecular flexibility index (Phi) is 5.61. The van der Waals surface area contributed by atoms with Crippen LogP contribution in [0.2, 0.25) is 0 Å². The zero-order valence-electron chi connectivity index (χ0n) is 15.2. The first-order valence-corrected chi connectivity index (χ1v) is 9.18. The molecule has 132 valence electrons. The lowest BCUT2D eigenvalue weighted by Gasteiger charge is -2.39. The van der Waals surface area contributed by atoms with Crippen LogP contribution in [-0.4, -0.2) is 62.7 Å². The number of hydrogen-bond acceptors (Lipinski definition) is 3.